The first-order valence-corrected chi connectivity index (χ1v) is 6.56. The van der Waals surface area contributed by atoms with Crippen molar-refractivity contribution < 1.29 is 19.8 Å². The number of carboxylic acids is 1. The molecule has 0 unspecified atom stereocenters. The zero-order valence-electron chi connectivity index (χ0n) is 10.3. The summed E-state index contributed by atoms with van der Waals surface area (Å²) in [5, 5.41) is 18.3. The predicted molar refractivity (Wildman–Crippen MR) is 65.3 cm³/mol. The fourth-order valence-corrected chi connectivity index (χ4v) is 3.04. The SMILES string of the molecule is CS[C@@H]1[C@@H]([C@H](C)O)C(=O)N1C(C(=O)O)=C(C)C. The Morgan fingerprint density at radius 3 is 2.29 bits per heavy atom. The molecule has 0 radical (unpaired) electrons. The van der Waals surface area contributed by atoms with E-state index in [-0.39, 0.29) is 17.0 Å². The number of β-lactam (4-membered cyclic amide) rings is 1. The smallest absolute Gasteiger partial charge is 0.352 e. The third-order valence-electron chi connectivity index (χ3n) is 2.76. The van der Waals surface area contributed by atoms with Crippen LogP contribution in [0.1, 0.15) is 20.8 Å². The van der Waals surface area contributed by atoms with E-state index in [1.54, 1.807) is 27.0 Å². The molecule has 0 bridgehead atoms. The van der Waals surface area contributed by atoms with E-state index in [0.717, 1.165) is 0 Å². The lowest BCUT2D eigenvalue weighted by molar-refractivity contribution is -0.157. The van der Waals surface area contributed by atoms with Gasteiger partial charge in [0.1, 0.15) is 5.70 Å². The van der Waals surface area contributed by atoms with Gasteiger partial charge in [0.25, 0.3) is 0 Å². The molecule has 1 rings (SSSR count). The number of amides is 1. The predicted octanol–water partition coefficient (Wildman–Crippen LogP) is 0.893. The lowest BCUT2D eigenvalue weighted by atomic mass is 9.91. The molecule has 1 fully saturated rings. The fraction of sp³-hybridized carbons (Fsp3) is 0.636. The first-order chi connectivity index (χ1) is 7.82. The van der Waals surface area contributed by atoms with Crippen molar-refractivity contribution in [2.45, 2.75) is 32.2 Å². The Hall–Kier alpha value is -1.01. The summed E-state index contributed by atoms with van der Waals surface area (Å²) in [5.74, 6) is -1.95. The van der Waals surface area contributed by atoms with Gasteiger partial charge in [-0.2, -0.15) is 0 Å². The molecule has 1 amide bonds. The summed E-state index contributed by atoms with van der Waals surface area (Å²) in [6.45, 7) is 4.86. The zero-order chi connectivity index (χ0) is 13.3. The number of aliphatic hydroxyl groups excluding tert-OH is 1. The van der Waals surface area contributed by atoms with E-state index in [2.05, 4.69) is 0 Å². The Morgan fingerprint density at radius 1 is 1.47 bits per heavy atom. The summed E-state index contributed by atoms with van der Waals surface area (Å²) < 4.78 is 0. The molecule has 1 heterocycles. The second kappa shape index (κ2) is 5.10. The Labute approximate surface area is 104 Å². The van der Waals surface area contributed by atoms with Gasteiger partial charge in [-0.1, -0.05) is 0 Å². The average Bonchev–Trinajstić information content (AvgIpc) is 2.19. The maximum Gasteiger partial charge on any atom is 0.352 e. The van der Waals surface area contributed by atoms with Crippen LogP contribution in [0.4, 0.5) is 0 Å². The molecule has 1 saturated heterocycles. The Balaban J connectivity index is 3.05. The minimum Gasteiger partial charge on any atom is -0.477 e. The number of hydrogen-bond acceptors (Lipinski definition) is 4. The Morgan fingerprint density at radius 2 is 2.00 bits per heavy atom. The summed E-state index contributed by atoms with van der Waals surface area (Å²) in [7, 11) is 0. The number of carboxylic acid groups (broad SMARTS) is 1. The van der Waals surface area contributed by atoms with Gasteiger partial charge < -0.3 is 10.2 Å². The minimum absolute atomic E-state index is 0.0197. The van der Waals surface area contributed by atoms with E-state index in [1.807, 2.05) is 0 Å². The number of likely N-dealkylation sites (tertiary alicyclic amines) is 1. The van der Waals surface area contributed by atoms with Crippen molar-refractivity contribution in [3.05, 3.63) is 11.3 Å². The summed E-state index contributed by atoms with van der Waals surface area (Å²) >= 11 is 1.37. The molecule has 0 spiro atoms. The van der Waals surface area contributed by atoms with Crippen LogP contribution in [0.3, 0.4) is 0 Å². The van der Waals surface area contributed by atoms with Crippen molar-refractivity contribution in [3.63, 3.8) is 0 Å². The van der Waals surface area contributed by atoms with Crippen LogP contribution in [0.25, 0.3) is 0 Å². The van der Waals surface area contributed by atoms with Crippen LogP contribution in [0, 0.1) is 5.92 Å². The highest BCUT2D eigenvalue weighted by Gasteiger charge is 2.52. The normalized spacial score (nSPS) is 25.2. The number of aliphatic carboxylic acids is 1. The number of aliphatic hydroxyl groups is 1. The molecule has 6 heteroatoms. The lowest BCUT2D eigenvalue weighted by Crippen LogP contribution is -2.62. The summed E-state index contributed by atoms with van der Waals surface area (Å²) in [6, 6.07) is 0. The third kappa shape index (κ3) is 2.32. The quantitative estimate of drug-likeness (QED) is 0.579. The number of carbonyl (C=O) groups excluding carboxylic acids is 1. The molecular formula is C11H17NO4S. The van der Waals surface area contributed by atoms with Crippen molar-refractivity contribution in [1.29, 1.82) is 0 Å². The van der Waals surface area contributed by atoms with E-state index in [4.69, 9.17) is 5.11 Å². The van der Waals surface area contributed by atoms with E-state index in [1.165, 1.54) is 16.7 Å². The number of thioether (sulfide) groups is 1. The highest BCUT2D eigenvalue weighted by molar-refractivity contribution is 7.99. The van der Waals surface area contributed by atoms with E-state index >= 15 is 0 Å². The molecule has 0 saturated carbocycles. The maximum absolute atomic E-state index is 11.9. The average molecular weight is 259 g/mol. The highest BCUT2D eigenvalue weighted by atomic mass is 32.2. The van der Waals surface area contributed by atoms with Crippen LogP contribution in [-0.4, -0.2) is 44.7 Å². The molecule has 96 valence electrons. The van der Waals surface area contributed by atoms with Gasteiger partial charge >= 0.3 is 5.97 Å². The van der Waals surface area contributed by atoms with Crippen LogP contribution in [0.2, 0.25) is 0 Å². The Bertz CT molecular complexity index is 374. The van der Waals surface area contributed by atoms with Gasteiger partial charge in [0, 0.05) is 0 Å². The maximum atomic E-state index is 11.9. The third-order valence-corrected chi connectivity index (χ3v) is 3.75. The van der Waals surface area contributed by atoms with Gasteiger partial charge in [-0.05, 0) is 32.6 Å². The summed E-state index contributed by atoms with van der Waals surface area (Å²) in [6.07, 6.45) is 1.03. The first-order valence-electron chi connectivity index (χ1n) is 5.27. The van der Waals surface area contributed by atoms with Crippen molar-refractivity contribution in [2.75, 3.05) is 6.26 Å². The molecule has 0 aliphatic carbocycles. The van der Waals surface area contributed by atoms with Gasteiger partial charge in [0.15, 0.2) is 0 Å². The molecular weight excluding hydrogens is 242 g/mol. The molecule has 3 atom stereocenters. The molecule has 17 heavy (non-hydrogen) atoms. The summed E-state index contributed by atoms with van der Waals surface area (Å²) in [4.78, 5) is 24.3. The van der Waals surface area contributed by atoms with Crippen molar-refractivity contribution in [2.24, 2.45) is 5.92 Å². The second-order valence-corrected chi connectivity index (χ2v) is 5.21. The van der Waals surface area contributed by atoms with Gasteiger partial charge in [-0.3, -0.25) is 9.69 Å². The summed E-state index contributed by atoms with van der Waals surface area (Å²) in [5.41, 5.74) is 0.597. The van der Waals surface area contributed by atoms with Crippen molar-refractivity contribution in [3.8, 4) is 0 Å². The fourth-order valence-electron chi connectivity index (χ4n) is 1.98. The van der Waals surface area contributed by atoms with Crippen LogP contribution in [0.15, 0.2) is 11.3 Å². The zero-order valence-corrected chi connectivity index (χ0v) is 11.1. The molecule has 1 aliphatic heterocycles. The van der Waals surface area contributed by atoms with Gasteiger partial charge in [0.2, 0.25) is 5.91 Å². The van der Waals surface area contributed by atoms with Crippen LogP contribution in [0.5, 0.6) is 0 Å². The van der Waals surface area contributed by atoms with Crippen molar-refractivity contribution in [1.82, 2.24) is 4.90 Å². The number of hydrogen-bond donors (Lipinski definition) is 2. The standard InChI is InChI=1S/C11H17NO4S/c1-5(2)8(11(15)16)12-9(14)7(6(3)13)10(12)17-4/h6-7,10,13H,1-4H3,(H,15,16)/t6-,7-,10+/m0/s1. The minimum atomic E-state index is -1.11. The molecule has 5 nitrogen and oxygen atoms in total. The van der Waals surface area contributed by atoms with Gasteiger partial charge in [-0.25, -0.2) is 4.79 Å². The first kappa shape index (κ1) is 14.1. The molecule has 0 aromatic carbocycles. The Kier molecular flexibility index (Phi) is 4.21. The topological polar surface area (TPSA) is 77.8 Å². The monoisotopic (exact) mass is 259 g/mol. The largest absolute Gasteiger partial charge is 0.477 e. The van der Waals surface area contributed by atoms with E-state index in [9.17, 15) is 14.7 Å². The van der Waals surface area contributed by atoms with Crippen LogP contribution < -0.4 is 0 Å². The molecule has 2 N–H and O–H groups in total. The highest BCUT2D eigenvalue weighted by Crippen LogP contribution is 2.39. The number of rotatable bonds is 4. The number of nitrogens with zero attached hydrogens (tertiary/aromatic N) is 1. The van der Waals surface area contributed by atoms with Gasteiger partial charge in [0.05, 0.1) is 17.4 Å². The lowest BCUT2D eigenvalue weighted by Gasteiger charge is -2.47. The molecule has 1 aliphatic rings. The van der Waals surface area contributed by atoms with E-state index in [0.29, 0.717) is 5.57 Å². The van der Waals surface area contributed by atoms with Crippen LogP contribution >= 0.6 is 11.8 Å². The molecule has 0 aromatic rings. The second-order valence-electron chi connectivity index (χ2n) is 4.25. The van der Waals surface area contributed by atoms with Crippen LogP contribution in [-0.2, 0) is 9.59 Å². The number of allylic oxidation sites excluding steroid dienone is 1. The van der Waals surface area contributed by atoms with E-state index < -0.39 is 18.0 Å². The number of carbonyl (C=O) groups is 2. The molecule has 0 aromatic heterocycles. The van der Waals surface area contributed by atoms with Crippen molar-refractivity contribution >= 4 is 23.6 Å². The van der Waals surface area contributed by atoms with Gasteiger partial charge in [-0.15, -0.1) is 11.8 Å².